The summed E-state index contributed by atoms with van der Waals surface area (Å²) < 4.78 is 7.52. The molecule has 2 aromatic rings. The van der Waals surface area contributed by atoms with E-state index in [0.29, 0.717) is 24.9 Å². The van der Waals surface area contributed by atoms with Crippen molar-refractivity contribution in [1.82, 2.24) is 15.2 Å². The Morgan fingerprint density at radius 2 is 1.85 bits per heavy atom. The Kier molecular flexibility index (Phi) is 6.30. The second kappa shape index (κ2) is 9.47. The first-order valence-corrected chi connectivity index (χ1v) is 10.4. The van der Waals surface area contributed by atoms with Crippen molar-refractivity contribution in [2.75, 3.05) is 20.6 Å². The highest BCUT2D eigenvalue weighted by atomic mass is 16.5. The number of guanidine groups is 1. The zero-order chi connectivity index (χ0) is 23.4. The van der Waals surface area contributed by atoms with Crippen LogP contribution in [0.2, 0.25) is 0 Å². The fourth-order valence-electron chi connectivity index (χ4n) is 3.57. The van der Waals surface area contributed by atoms with E-state index in [2.05, 4.69) is 22.1 Å². The van der Waals surface area contributed by atoms with Crippen LogP contribution in [0.4, 0.5) is 4.79 Å². The van der Waals surface area contributed by atoms with Crippen molar-refractivity contribution in [3.8, 4) is 5.75 Å². The summed E-state index contributed by atoms with van der Waals surface area (Å²) in [7, 11) is 3.05. The summed E-state index contributed by atoms with van der Waals surface area (Å²) in [6.45, 7) is 4.62. The number of hydrogen-bond donors (Lipinski definition) is 1. The Morgan fingerprint density at radius 3 is 2.55 bits per heavy atom. The number of nitrogens with zero attached hydrogens (tertiary/aromatic N) is 5. The first-order valence-electron chi connectivity index (χ1n) is 10.4. The normalized spacial score (nSPS) is 18.0. The second-order valence-corrected chi connectivity index (χ2v) is 7.59. The summed E-state index contributed by atoms with van der Waals surface area (Å²) >= 11 is 0. The van der Waals surface area contributed by atoms with Crippen LogP contribution in [0.1, 0.15) is 11.1 Å². The molecule has 1 atom stereocenters. The summed E-state index contributed by atoms with van der Waals surface area (Å²) in [5.74, 6) is 1.16. The number of nitrogens with one attached hydrogen (secondary N) is 1. The summed E-state index contributed by atoms with van der Waals surface area (Å²) in [6.07, 6.45) is 3.31. The third-order valence-electron chi connectivity index (χ3n) is 5.36. The van der Waals surface area contributed by atoms with E-state index in [4.69, 9.17) is 4.74 Å². The van der Waals surface area contributed by atoms with Crippen molar-refractivity contribution in [2.45, 2.75) is 12.6 Å². The number of fused-ring (bicyclic) bond motifs is 1. The number of rotatable bonds is 7. The molecule has 0 aromatic heterocycles. The SMILES string of the molecule is C=CC[N+]1=C(N/N=C/c2ccc(OCc3ccccc3)cc2)N=C2C1C(=O)N(C)C(=O)N2C. The molecule has 2 heterocycles. The maximum Gasteiger partial charge on any atom is 0.414 e. The number of amides is 3. The van der Waals surface area contributed by atoms with E-state index >= 15 is 0 Å². The van der Waals surface area contributed by atoms with Crippen molar-refractivity contribution < 1.29 is 18.9 Å². The topological polar surface area (TPSA) is 89.6 Å². The number of carbonyl (C=O) groups is 2. The Labute approximate surface area is 192 Å². The summed E-state index contributed by atoms with van der Waals surface area (Å²) in [6, 6.07) is 16.4. The standard InChI is InChI=1S/C24H24N6O3/c1-4-14-30-20-21(28(2)24(32)29(3)22(20)31)26-23(30)27-25-15-17-10-12-19(13-11-17)33-16-18-8-6-5-7-9-18/h4-13,15,20H,1,14,16H2,2-3H3/p+1/b25-15+. The lowest BCUT2D eigenvalue weighted by Crippen LogP contribution is -2.61. The van der Waals surface area contributed by atoms with Crippen molar-refractivity contribution in [3.05, 3.63) is 78.4 Å². The molecule has 0 bridgehead atoms. The van der Waals surface area contributed by atoms with Gasteiger partial charge in [-0.2, -0.15) is 5.43 Å². The van der Waals surface area contributed by atoms with Gasteiger partial charge < -0.3 is 4.74 Å². The molecule has 0 aliphatic carbocycles. The maximum atomic E-state index is 12.7. The van der Waals surface area contributed by atoms with Crippen molar-refractivity contribution >= 4 is 29.9 Å². The average Bonchev–Trinajstić information content (AvgIpc) is 3.20. The molecule has 1 N–H and O–H groups in total. The average molecular weight is 446 g/mol. The molecule has 9 heteroatoms. The highest BCUT2D eigenvalue weighted by molar-refractivity contribution is 6.22. The van der Waals surface area contributed by atoms with Gasteiger partial charge in [0.15, 0.2) is 0 Å². The van der Waals surface area contributed by atoms with E-state index in [9.17, 15) is 9.59 Å². The predicted octanol–water partition coefficient (Wildman–Crippen LogP) is 2.05. The number of ether oxygens (including phenoxy) is 1. The van der Waals surface area contributed by atoms with E-state index in [1.54, 1.807) is 23.9 Å². The molecule has 1 fully saturated rings. The number of hydrogen-bond acceptors (Lipinski definition) is 6. The molecule has 2 aliphatic rings. The molecule has 0 spiro atoms. The van der Waals surface area contributed by atoms with Crippen molar-refractivity contribution in [1.29, 1.82) is 0 Å². The van der Waals surface area contributed by atoms with Gasteiger partial charge in [0.1, 0.15) is 12.4 Å². The molecule has 9 nitrogen and oxygen atoms in total. The van der Waals surface area contributed by atoms with Crippen LogP contribution in [0.3, 0.4) is 0 Å². The Balaban J connectivity index is 1.43. The van der Waals surface area contributed by atoms with E-state index in [1.807, 2.05) is 54.6 Å². The fourth-order valence-corrected chi connectivity index (χ4v) is 3.57. The molecule has 1 unspecified atom stereocenters. The number of carbonyl (C=O) groups excluding carboxylic acids is 2. The van der Waals surface area contributed by atoms with Gasteiger partial charge in [-0.1, -0.05) is 48.0 Å². The Morgan fingerprint density at radius 1 is 1.12 bits per heavy atom. The van der Waals surface area contributed by atoms with Crippen molar-refractivity contribution in [3.63, 3.8) is 0 Å². The molecule has 33 heavy (non-hydrogen) atoms. The van der Waals surface area contributed by atoms with Gasteiger partial charge in [-0.25, -0.2) is 9.37 Å². The molecule has 0 radical (unpaired) electrons. The second-order valence-electron chi connectivity index (χ2n) is 7.59. The van der Waals surface area contributed by atoms with E-state index < -0.39 is 12.1 Å². The number of likely N-dealkylation sites (N-methyl/N-ethyl adjacent to an activating group) is 2. The number of urea groups is 1. The summed E-state index contributed by atoms with van der Waals surface area (Å²) in [5, 5.41) is 4.26. The molecule has 2 aromatic carbocycles. The van der Waals surface area contributed by atoms with Gasteiger partial charge in [-0.15, -0.1) is 5.10 Å². The van der Waals surface area contributed by atoms with E-state index in [1.165, 1.54) is 11.9 Å². The summed E-state index contributed by atoms with van der Waals surface area (Å²) in [4.78, 5) is 31.8. The number of hydrazone groups is 1. The van der Waals surface area contributed by atoms with Crippen LogP contribution in [-0.4, -0.2) is 71.0 Å². The molecule has 4 rings (SSSR count). The van der Waals surface area contributed by atoms with Crippen LogP contribution in [0.15, 0.2) is 77.3 Å². The van der Waals surface area contributed by atoms with Gasteiger partial charge in [-0.05, 0) is 35.4 Å². The minimum Gasteiger partial charge on any atom is -0.489 e. The van der Waals surface area contributed by atoms with Gasteiger partial charge in [0.2, 0.25) is 11.9 Å². The molecule has 2 aliphatic heterocycles. The smallest absolute Gasteiger partial charge is 0.414 e. The van der Waals surface area contributed by atoms with Crippen LogP contribution in [0.5, 0.6) is 5.75 Å². The lowest BCUT2D eigenvalue weighted by atomic mass is 10.1. The monoisotopic (exact) mass is 445 g/mol. The fraction of sp³-hybridized carbons (Fsp3) is 0.208. The first kappa shape index (κ1) is 21.9. The quantitative estimate of drug-likeness (QED) is 0.306. The Bertz CT molecular complexity index is 1150. The molecule has 1 saturated heterocycles. The minimum atomic E-state index is -0.700. The maximum absolute atomic E-state index is 12.7. The largest absolute Gasteiger partial charge is 0.489 e. The van der Waals surface area contributed by atoms with Crippen molar-refractivity contribution in [2.24, 2.45) is 10.1 Å². The Hall–Kier alpha value is -4.27. The highest BCUT2D eigenvalue weighted by Gasteiger charge is 2.51. The van der Waals surface area contributed by atoms with E-state index in [-0.39, 0.29) is 5.91 Å². The molecule has 0 saturated carbocycles. The van der Waals surface area contributed by atoms with Crippen LogP contribution in [-0.2, 0) is 11.4 Å². The number of amidine groups is 1. The molecule has 3 amide bonds. The lowest BCUT2D eigenvalue weighted by molar-refractivity contribution is -0.527. The molecular formula is C24H25N6O3+. The minimum absolute atomic E-state index is 0.342. The van der Waals surface area contributed by atoms with Gasteiger partial charge >= 0.3 is 12.0 Å². The summed E-state index contributed by atoms with van der Waals surface area (Å²) in [5.41, 5.74) is 4.85. The zero-order valence-corrected chi connectivity index (χ0v) is 18.5. The third-order valence-corrected chi connectivity index (χ3v) is 5.36. The number of imide groups is 1. The number of benzene rings is 2. The zero-order valence-electron chi connectivity index (χ0n) is 18.5. The van der Waals surface area contributed by atoms with E-state index in [0.717, 1.165) is 21.8 Å². The molecule has 168 valence electrons. The highest BCUT2D eigenvalue weighted by Crippen LogP contribution is 2.18. The van der Waals surface area contributed by atoms with Crippen LogP contribution >= 0.6 is 0 Å². The lowest BCUT2D eigenvalue weighted by Gasteiger charge is -2.31. The van der Waals surface area contributed by atoms with Crippen LogP contribution < -0.4 is 10.2 Å². The van der Waals surface area contributed by atoms with Crippen LogP contribution in [0.25, 0.3) is 0 Å². The van der Waals surface area contributed by atoms with Gasteiger partial charge in [0, 0.05) is 14.1 Å². The van der Waals surface area contributed by atoms with Gasteiger partial charge in [-0.3, -0.25) is 14.6 Å². The molecular weight excluding hydrogens is 420 g/mol. The number of aliphatic imine (C=N–C) groups is 1. The predicted molar refractivity (Wildman–Crippen MR) is 125 cm³/mol. The van der Waals surface area contributed by atoms with Crippen LogP contribution in [0, 0.1) is 0 Å². The van der Waals surface area contributed by atoms with Gasteiger partial charge in [0.05, 0.1) is 12.8 Å². The van der Waals surface area contributed by atoms with Gasteiger partial charge in [0.25, 0.3) is 5.91 Å². The first-order chi connectivity index (χ1) is 16.0. The third kappa shape index (κ3) is 4.52.